The Balaban J connectivity index is 1.02. The maximum atomic E-state index is 14.5. The molecule has 6 aromatic rings. The third-order valence-electron chi connectivity index (χ3n) is 9.95. The van der Waals surface area contributed by atoms with E-state index in [0.29, 0.717) is 28.4 Å². The van der Waals surface area contributed by atoms with Crippen molar-refractivity contribution in [3.05, 3.63) is 168 Å². The Bertz CT molecular complexity index is 2530. The predicted octanol–water partition coefficient (Wildman–Crippen LogP) is 10.9. The Labute approximate surface area is 289 Å². The Morgan fingerprint density at radius 3 is 2.24 bits per heavy atom. The van der Waals surface area contributed by atoms with Crippen LogP contribution < -0.4 is 4.84 Å². The van der Waals surface area contributed by atoms with Crippen molar-refractivity contribution in [3.63, 3.8) is 0 Å². The van der Waals surface area contributed by atoms with Crippen molar-refractivity contribution in [2.24, 2.45) is 4.99 Å². The minimum Gasteiger partial charge on any atom is -0.373 e. The third-order valence-corrected chi connectivity index (χ3v) is 9.95. The van der Waals surface area contributed by atoms with Crippen LogP contribution in [0.15, 0.2) is 139 Å². The van der Waals surface area contributed by atoms with Gasteiger partial charge in [-0.1, -0.05) is 87.2 Å². The second-order valence-corrected chi connectivity index (χ2v) is 13.7. The molecule has 6 heteroatoms. The van der Waals surface area contributed by atoms with E-state index in [4.69, 9.17) is 4.84 Å². The van der Waals surface area contributed by atoms with Gasteiger partial charge in [0.15, 0.2) is 11.6 Å². The summed E-state index contributed by atoms with van der Waals surface area (Å²) in [6.07, 6.45) is 6.78. The van der Waals surface area contributed by atoms with Crippen LogP contribution in [-0.2, 0) is 11.8 Å². The van der Waals surface area contributed by atoms with Crippen LogP contribution in [0.1, 0.15) is 36.1 Å². The summed E-state index contributed by atoms with van der Waals surface area (Å²) in [6, 6.07) is 36.2. The first-order valence-corrected chi connectivity index (χ1v) is 16.6. The number of nitrogens with zero attached hydrogens (tertiary/aromatic N) is 3. The normalized spacial score (nSPS) is 15.6. The number of aliphatic imine (C=N–C) groups is 1. The number of fused-ring (bicyclic) bond motifs is 6. The van der Waals surface area contributed by atoms with Gasteiger partial charge in [0, 0.05) is 16.7 Å². The van der Waals surface area contributed by atoms with Crippen molar-refractivity contribution in [1.82, 2.24) is 10.0 Å². The fraction of sp³-hybridized carbons (Fsp3) is 0.0909. The topological polar surface area (TPSA) is 37.7 Å². The molecule has 3 aliphatic rings. The molecule has 0 N–H and O–H groups in total. The zero-order valence-electron chi connectivity index (χ0n) is 27.5. The average Bonchev–Trinajstić information content (AvgIpc) is 3.25. The lowest BCUT2D eigenvalue weighted by Gasteiger charge is -2.35. The number of amidine groups is 1. The second kappa shape index (κ2) is 11.2. The first-order valence-electron chi connectivity index (χ1n) is 16.6. The number of aromatic nitrogens is 1. The number of hydroxylamine groups is 2. The molecule has 0 saturated carbocycles. The number of pyridine rings is 1. The summed E-state index contributed by atoms with van der Waals surface area (Å²) in [5, 5.41) is 4.01. The van der Waals surface area contributed by atoms with Crippen LogP contribution in [0.3, 0.4) is 0 Å². The van der Waals surface area contributed by atoms with Crippen LogP contribution in [0, 0.1) is 11.9 Å². The standard InChI is InChI=1S/C44H31F2N3O/c1-26-35-6-4-5-7-40(35)50-49-25-33(14-19-42(49)47-26)30-11-10-27-20-29(9-8-28(27)21-30)31-12-16-38-36-15-13-32(37-17-18-41(45)48-43(37)46)22-34(36)24-44(2,3)39(38)23-31/h4-23,25H,1,24H2,2-3H3. The monoisotopic (exact) mass is 655 g/mol. The van der Waals surface area contributed by atoms with Crippen LogP contribution in [-0.4, -0.2) is 15.9 Å². The van der Waals surface area contributed by atoms with Crippen LogP contribution in [0.4, 0.5) is 8.78 Å². The molecule has 5 aromatic carbocycles. The maximum Gasteiger partial charge on any atom is 0.223 e. The molecule has 0 spiro atoms. The molecular weight excluding hydrogens is 625 g/mol. The van der Waals surface area contributed by atoms with Gasteiger partial charge in [-0.2, -0.15) is 18.8 Å². The Kier molecular flexibility index (Phi) is 6.71. The largest absolute Gasteiger partial charge is 0.373 e. The molecule has 1 aromatic heterocycles. The summed E-state index contributed by atoms with van der Waals surface area (Å²) in [5.41, 5.74) is 11.5. The van der Waals surface area contributed by atoms with Gasteiger partial charge in [0.1, 0.15) is 0 Å². The smallest absolute Gasteiger partial charge is 0.223 e. The van der Waals surface area contributed by atoms with Gasteiger partial charge in [-0.3, -0.25) is 0 Å². The lowest BCUT2D eigenvalue weighted by Crippen LogP contribution is -2.29. The Hall–Kier alpha value is -6.14. The van der Waals surface area contributed by atoms with E-state index in [-0.39, 0.29) is 5.41 Å². The number of hydrogen-bond donors (Lipinski definition) is 0. The first-order chi connectivity index (χ1) is 24.2. The van der Waals surface area contributed by atoms with Gasteiger partial charge >= 0.3 is 0 Å². The SMILES string of the molecule is C=C1N=C2C=CC(c3ccc4cc(-c5ccc6c(c5)C(C)(C)Cc5cc(-c7ccc(F)nc7F)ccc5-6)ccc4c3)=CN2Oc2ccccc21. The molecule has 2 aliphatic heterocycles. The van der Waals surface area contributed by atoms with Crippen molar-refractivity contribution >= 4 is 27.9 Å². The first kappa shape index (κ1) is 30.0. The van der Waals surface area contributed by atoms with Crippen LogP contribution in [0.25, 0.3) is 55.4 Å². The van der Waals surface area contributed by atoms with Gasteiger partial charge in [-0.25, -0.2) is 4.99 Å². The Morgan fingerprint density at radius 2 is 1.40 bits per heavy atom. The van der Waals surface area contributed by atoms with E-state index >= 15 is 0 Å². The van der Waals surface area contributed by atoms with Crippen LogP contribution in [0.2, 0.25) is 0 Å². The Morgan fingerprint density at radius 1 is 0.700 bits per heavy atom. The highest BCUT2D eigenvalue weighted by atomic mass is 19.1. The minimum absolute atomic E-state index is 0.152. The van der Waals surface area contributed by atoms with E-state index in [1.54, 1.807) is 5.06 Å². The van der Waals surface area contributed by atoms with E-state index in [1.807, 2.05) is 54.7 Å². The summed E-state index contributed by atoms with van der Waals surface area (Å²) in [7, 11) is 0. The summed E-state index contributed by atoms with van der Waals surface area (Å²) < 4.78 is 28.0. The van der Waals surface area contributed by atoms with Crippen molar-refractivity contribution in [2.45, 2.75) is 25.7 Å². The van der Waals surface area contributed by atoms with Crippen molar-refractivity contribution in [3.8, 4) is 39.1 Å². The van der Waals surface area contributed by atoms with Gasteiger partial charge in [0.05, 0.1) is 11.9 Å². The summed E-state index contributed by atoms with van der Waals surface area (Å²) in [5.74, 6) is -0.222. The van der Waals surface area contributed by atoms with E-state index in [0.717, 1.165) is 56.1 Å². The lowest BCUT2D eigenvalue weighted by atomic mass is 9.69. The zero-order valence-corrected chi connectivity index (χ0v) is 27.5. The molecule has 3 heterocycles. The highest BCUT2D eigenvalue weighted by Gasteiger charge is 2.32. The molecule has 0 unspecified atom stereocenters. The minimum atomic E-state index is -0.822. The molecule has 242 valence electrons. The molecule has 0 bridgehead atoms. The number of benzene rings is 5. The molecule has 0 fully saturated rings. The molecule has 9 rings (SSSR count). The van der Waals surface area contributed by atoms with E-state index in [9.17, 15) is 8.78 Å². The molecule has 0 saturated heterocycles. The molecule has 50 heavy (non-hydrogen) atoms. The number of para-hydroxylation sites is 1. The second-order valence-electron chi connectivity index (χ2n) is 13.7. The fourth-order valence-electron chi connectivity index (χ4n) is 7.39. The van der Waals surface area contributed by atoms with Crippen molar-refractivity contribution < 1.29 is 13.6 Å². The number of allylic oxidation sites excluding steroid dienone is 2. The number of hydrogen-bond acceptors (Lipinski definition) is 4. The molecule has 1 aliphatic carbocycles. The fourth-order valence-corrected chi connectivity index (χ4v) is 7.39. The molecular formula is C44H31F2N3O. The summed E-state index contributed by atoms with van der Waals surface area (Å²) in [4.78, 5) is 14.3. The van der Waals surface area contributed by atoms with Gasteiger partial charge in [0.25, 0.3) is 0 Å². The number of halogens is 2. The quantitative estimate of drug-likeness (QED) is 0.178. The van der Waals surface area contributed by atoms with Gasteiger partial charge in [-0.15, -0.1) is 0 Å². The molecule has 4 nitrogen and oxygen atoms in total. The van der Waals surface area contributed by atoms with Crippen LogP contribution >= 0.6 is 0 Å². The van der Waals surface area contributed by atoms with Crippen molar-refractivity contribution in [2.75, 3.05) is 0 Å². The van der Waals surface area contributed by atoms with E-state index in [2.05, 4.69) is 91.1 Å². The maximum absolute atomic E-state index is 14.5. The highest BCUT2D eigenvalue weighted by molar-refractivity contribution is 6.03. The highest BCUT2D eigenvalue weighted by Crippen LogP contribution is 2.46. The lowest BCUT2D eigenvalue weighted by molar-refractivity contribution is 0.0742. The number of rotatable bonds is 3. The van der Waals surface area contributed by atoms with Crippen molar-refractivity contribution in [1.29, 1.82) is 0 Å². The molecule has 0 atom stereocenters. The summed E-state index contributed by atoms with van der Waals surface area (Å²) in [6.45, 7) is 8.64. The molecule has 0 radical (unpaired) electrons. The van der Waals surface area contributed by atoms with Gasteiger partial charge < -0.3 is 4.84 Å². The average molecular weight is 656 g/mol. The van der Waals surface area contributed by atoms with E-state index < -0.39 is 11.9 Å². The third kappa shape index (κ3) is 5.03. The van der Waals surface area contributed by atoms with Gasteiger partial charge in [0.2, 0.25) is 11.9 Å². The predicted molar refractivity (Wildman–Crippen MR) is 197 cm³/mol. The zero-order chi connectivity index (χ0) is 34.1. The molecule has 0 amide bonds. The van der Waals surface area contributed by atoms with E-state index in [1.165, 1.54) is 23.3 Å². The van der Waals surface area contributed by atoms with Crippen LogP contribution in [0.5, 0.6) is 5.75 Å². The van der Waals surface area contributed by atoms with Gasteiger partial charge in [-0.05, 0) is 122 Å². The summed E-state index contributed by atoms with van der Waals surface area (Å²) >= 11 is 0.